The summed E-state index contributed by atoms with van der Waals surface area (Å²) < 4.78 is 0.164. The number of anilines is 1. The highest BCUT2D eigenvalue weighted by Crippen LogP contribution is 2.14. The Bertz CT molecular complexity index is 366. The van der Waals surface area contributed by atoms with Gasteiger partial charge in [-0.25, -0.2) is 4.98 Å². The predicted molar refractivity (Wildman–Crippen MR) is 49.1 cm³/mol. The zero-order valence-corrected chi connectivity index (χ0v) is 7.59. The molecule has 5 heteroatoms. The van der Waals surface area contributed by atoms with Crippen LogP contribution in [0.5, 0.6) is 0 Å². The molecule has 0 saturated heterocycles. The molecule has 1 aromatic heterocycles. The van der Waals surface area contributed by atoms with E-state index in [-0.39, 0.29) is 10.3 Å². The molecule has 1 aromatic rings. The number of nitriles is 1. The Morgan fingerprint density at radius 2 is 2.42 bits per heavy atom. The fourth-order valence-electron chi connectivity index (χ4n) is 0.715. The molecule has 3 N–H and O–H groups in total. The third kappa shape index (κ3) is 1.60. The highest BCUT2D eigenvalue weighted by molar-refractivity contribution is 9.18. The first-order valence-corrected chi connectivity index (χ1v) is 3.84. The maximum absolute atomic E-state index is 8.46. The molecule has 1 rings (SSSR count). The molecule has 0 fully saturated rings. The number of aromatic nitrogens is 1. The van der Waals surface area contributed by atoms with Crippen molar-refractivity contribution >= 4 is 26.2 Å². The summed E-state index contributed by atoms with van der Waals surface area (Å²) in [6, 6.07) is 3.29. The van der Waals surface area contributed by atoms with Crippen LogP contribution in [0.1, 0.15) is 11.3 Å². The monoisotopic (exact) mass is 224 g/mol. The number of hydrogen-bond donors (Lipinski definition) is 2. The van der Waals surface area contributed by atoms with Crippen molar-refractivity contribution in [1.82, 2.24) is 4.98 Å². The molecule has 60 valence electrons. The Morgan fingerprint density at radius 1 is 1.75 bits per heavy atom. The second kappa shape index (κ2) is 3.32. The van der Waals surface area contributed by atoms with Gasteiger partial charge in [-0.2, -0.15) is 5.26 Å². The van der Waals surface area contributed by atoms with Crippen LogP contribution >= 0.6 is 15.9 Å². The molecular weight excluding hydrogens is 220 g/mol. The second-order valence-corrected chi connectivity index (χ2v) is 2.88. The third-order valence-corrected chi connectivity index (χ3v) is 1.71. The van der Waals surface area contributed by atoms with Gasteiger partial charge in [0.1, 0.15) is 16.4 Å². The first-order chi connectivity index (χ1) is 5.65. The number of hydrogen-bond acceptors (Lipinski definition) is 4. The van der Waals surface area contributed by atoms with Crippen LogP contribution in [0, 0.1) is 16.7 Å². The van der Waals surface area contributed by atoms with E-state index in [9.17, 15) is 0 Å². The van der Waals surface area contributed by atoms with Crippen LogP contribution in [-0.2, 0) is 0 Å². The smallest absolute Gasteiger partial charge is 0.142 e. The van der Waals surface area contributed by atoms with Crippen molar-refractivity contribution in [2.24, 2.45) is 0 Å². The van der Waals surface area contributed by atoms with Gasteiger partial charge < -0.3 is 5.73 Å². The summed E-state index contributed by atoms with van der Waals surface area (Å²) in [4.78, 5) is 3.77. The minimum Gasteiger partial charge on any atom is -0.398 e. The predicted octanol–water partition coefficient (Wildman–Crippen LogP) is 1.26. The van der Waals surface area contributed by atoms with Crippen molar-refractivity contribution in [3.63, 3.8) is 0 Å². The van der Waals surface area contributed by atoms with Gasteiger partial charge in [0.15, 0.2) is 0 Å². The van der Waals surface area contributed by atoms with E-state index in [1.54, 1.807) is 0 Å². The number of rotatable bonds is 1. The fraction of sp³-hybridized carbons (Fsp3) is 0. The first-order valence-electron chi connectivity index (χ1n) is 3.05. The van der Waals surface area contributed by atoms with Gasteiger partial charge in [0, 0.05) is 17.4 Å². The molecule has 0 atom stereocenters. The highest BCUT2D eigenvalue weighted by atomic mass is 79.9. The maximum Gasteiger partial charge on any atom is 0.142 e. The van der Waals surface area contributed by atoms with Gasteiger partial charge in [-0.15, -0.1) is 0 Å². The zero-order valence-electron chi connectivity index (χ0n) is 6.00. The van der Waals surface area contributed by atoms with Crippen LogP contribution in [-0.4, -0.2) is 9.60 Å². The highest BCUT2D eigenvalue weighted by Gasteiger charge is 2.03. The van der Waals surface area contributed by atoms with Crippen LogP contribution in [0.25, 0.3) is 0 Å². The minimum atomic E-state index is 0.164. The molecule has 0 aliphatic carbocycles. The topological polar surface area (TPSA) is 86.5 Å². The second-order valence-electron chi connectivity index (χ2n) is 2.08. The van der Waals surface area contributed by atoms with Crippen molar-refractivity contribution in [3.05, 3.63) is 23.5 Å². The lowest BCUT2D eigenvalue weighted by molar-refractivity contribution is 1.26. The van der Waals surface area contributed by atoms with Gasteiger partial charge in [0.2, 0.25) is 0 Å². The molecule has 0 unspecified atom stereocenters. The van der Waals surface area contributed by atoms with Crippen molar-refractivity contribution in [1.29, 1.82) is 10.7 Å². The summed E-state index contributed by atoms with van der Waals surface area (Å²) in [7, 11) is 0. The molecule has 0 bridgehead atoms. The van der Waals surface area contributed by atoms with Crippen molar-refractivity contribution in [2.75, 3.05) is 5.73 Å². The van der Waals surface area contributed by atoms with E-state index in [0.717, 1.165) is 0 Å². The quantitative estimate of drug-likeness (QED) is 0.705. The van der Waals surface area contributed by atoms with Gasteiger partial charge in [0.05, 0.1) is 0 Å². The SMILES string of the molecule is N#Cc1cc(N)c(C(=N)Br)cn1. The van der Waals surface area contributed by atoms with Gasteiger partial charge >= 0.3 is 0 Å². The normalized spacial score (nSPS) is 9.00. The van der Waals surface area contributed by atoms with Crippen molar-refractivity contribution < 1.29 is 0 Å². The summed E-state index contributed by atoms with van der Waals surface area (Å²) in [5.74, 6) is 0. The Labute approximate surface area is 77.7 Å². The lowest BCUT2D eigenvalue weighted by atomic mass is 10.2. The molecular formula is C7H5BrN4. The molecule has 0 radical (unpaired) electrons. The van der Waals surface area contributed by atoms with Crippen LogP contribution in [0.15, 0.2) is 12.3 Å². The molecule has 0 saturated carbocycles. The molecule has 0 amide bonds. The van der Waals surface area contributed by atoms with Crippen LogP contribution in [0.4, 0.5) is 5.69 Å². The van der Waals surface area contributed by atoms with Gasteiger partial charge in [-0.05, 0) is 22.0 Å². The summed E-state index contributed by atoms with van der Waals surface area (Å²) in [6.45, 7) is 0. The van der Waals surface area contributed by atoms with Crippen molar-refractivity contribution in [2.45, 2.75) is 0 Å². The van der Waals surface area contributed by atoms with E-state index < -0.39 is 0 Å². The zero-order chi connectivity index (χ0) is 9.14. The lowest BCUT2D eigenvalue weighted by Gasteiger charge is -2.00. The minimum absolute atomic E-state index is 0.164. The maximum atomic E-state index is 8.46. The average molecular weight is 225 g/mol. The third-order valence-electron chi connectivity index (χ3n) is 1.29. The molecule has 0 spiro atoms. The molecule has 1 heterocycles. The molecule has 12 heavy (non-hydrogen) atoms. The number of nitrogens with zero attached hydrogens (tertiary/aromatic N) is 2. The Hall–Kier alpha value is -1.41. The summed E-state index contributed by atoms with van der Waals surface area (Å²) >= 11 is 2.96. The Kier molecular flexibility index (Phi) is 2.41. The Morgan fingerprint density at radius 3 is 2.83 bits per heavy atom. The molecule has 0 aromatic carbocycles. The van der Waals surface area contributed by atoms with Gasteiger partial charge in [-0.1, -0.05) is 0 Å². The number of pyridine rings is 1. The number of nitrogens with one attached hydrogen (secondary N) is 1. The van der Waals surface area contributed by atoms with E-state index in [1.807, 2.05) is 6.07 Å². The van der Waals surface area contributed by atoms with E-state index in [1.165, 1.54) is 12.3 Å². The van der Waals surface area contributed by atoms with Crippen molar-refractivity contribution in [3.8, 4) is 6.07 Å². The van der Waals surface area contributed by atoms with Crippen LogP contribution in [0.3, 0.4) is 0 Å². The number of nitrogens with two attached hydrogens (primary N) is 1. The fourth-order valence-corrected chi connectivity index (χ4v) is 1.05. The van der Waals surface area contributed by atoms with Gasteiger partial charge in [0.25, 0.3) is 0 Å². The first kappa shape index (κ1) is 8.68. The summed E-state index contributed by atoms with van der Waals surface area (Å²) in [5, 5.41) is 15.7. The van der Waals surface area contributed by atoms with Crippen LogP contribution in [0.2, 0.25) is 0 Å². The van der Waals surface area contributed by atoms with E-state index in [2.05, 4.69) is 20.9 Å². The Balaban J connectivity index is 3.23. The molecule has 0 aliphatic rings. The average Bonchev–Trinajstić information content (AvgIpc) is 2.03. The summed E-state index contributed by atoms with van der Waals surface area (Å²) in [5.41, 5.74) is 6.66. The molecule has 0 aliphatic heterocycles. The van der Waals surface area contributed by atoms with Crippen LogP contribution < -0.4 is 5.73 Å². The number of halogens is 1. The largest absolute Gasteiger partial charge is 0.398 e. The molecule has 4 nitrogen and oxygen atoms in total. The number of nitrogen functional groups attached to an aromatic ring is 1. The standard InChI is InChI=1S/C7H5BrN4/c8-7(11)5-3-12-4(2-9)1-6(5)10/h1,3,11H,(H2,10,12). The van der Waals surface area contributed by atoms with Gasteiger partial charge in [-0.3, -0.25) is 5.41 Å². The lowest BCUT2D eigenvalue weighted by Crippen LogP contribution is -1.99. The van der Waals surface area contributed by atoms with E-state index in [4.69, 9.17) is 16.4 Å². The van der Waals surface area contributed by atoms with E-state index in [0.29, 0.717) is 11.3 Å². The summed E-state index contributed by atoms with van der Waals surface area (Å²) in [6.07, 6.45) is 1.39. The van der Waals surface area contributed by atoms with E-state index >= 15 is 0 Å².